The van der Waals surface area contributed by atoms with Gasteiger partial charge in [-0.25, -0.2) is 0 Å². The summed E-state index contributed by atoms with van der Waals surface area (Å²) in [4.78, 5) is 0. The van der Waals surface area contributed by atoms with Crippen LogP contribution in [0.4, 0.5) is 0 Å². The van der Waals surface area contributed by atoms with E-state index in [-0.39, 0.29) is 0 Å². The first kappa shape index (κ1) is 19.3. The second-order valence-corrected chi connectivity index (χ2v) is 15.9. The average molecular weight is 541 g/mol. The van der Waals surface area contributed by atoms with Crippen molar-refractivity contribution in [2.45, 2.75) is 57.5 Å². The van der Waals surface area contributed by atoms with Gasteiger partial charge in [-0.2, -0.15) is 58.8 Å². The third-order valence-corrected chi connectivity index (χ3v) is 14.7. The van der Waals surface area contributed by atoms with Crippen molar-refractivity contribution in [1.29, 1.82) is 0 Å². The van der Waals surface area contributed by atoms with E-state index >= 15 is 0 Å². The van der Waals surface area contributed by atoms with Crippen molar-refractivity contribution in [3.63, 3.8) is 0 Å². The largest absolute Gasteiger partial charge is 0.152 e. The zero-order valence-electron chi connectivity index (χ0n) is 19.1. The van der Waals surface area contributed by atoms with E-state index in [1.165, 1.54) is 57.5 Å². The molecule has 0 atom stereocenters. The minimum Gasteiger partial charge on any atom is -0.152 e. The fraction of sp³-hybridized carbons (Fsp3) is 0.333. The number of fused-ring (bicyclic) bond motifs is 15. The highest BCUT2D eigenvalue weighted by molar-refractivity contribution is 7.99. The molecule has 0 nitrogen and oxygen atoms in total. The average Bonchev–Trinajstić information content (AvgIpc) is 3.72. The van der Waals surface area contributed by atoms with E-state index in [4.69, 9.17) is 0 Å². The normalized spacial score (nSPS) is 20.6. The summed E-state index contributed by atoms with van der Waals surface area (Å²) >= 11 is 10.9. The van der Waals surface area contributed by atoms with E-state index in [1.807, 2.05) is 0 Å². The molecule has 35 heavy (non-hydrogen) atoms. The van der Waals surface area contributed by atoms with Crippen LogP contribution in [0.3, 0.4) is 0 Å². The molecule has 6 aromatic rings. The van der Waals surface area contributed by atoms with Gasteiger partial charge >= 0.3 is 0 Å². The maximum atomic E-state index is 2.17. The molecule has 170 valence electrons. The van der Waals surface area contributed by atoms with E-state index in [1.54, 1.807) is 109 Å². The van der Waals surface area contributed by atoms with Gasteiger partial charge in [-0.05, 0) is 109 Å². The maximum Gasteiger partial charge on any atom is 0.0197 e. The Hall–Kier alpha value is -0.850. The molecule has 0 radical (unpaired) electrons. The van der Waals surface area contributed by atoms with E-state index < -0.39 is 0 Å². The van der Waals surface area contributed by atoms with Crippen LogP contribution in [0.5, 0.6) is 0 Å². The van der Waals surface area contributed by atoms with Crippen LogP contribution >= 0.6 is 58.8 Å². The van der Waals surface area contributed by atoms with Crippen LogP contribution in [0, 0.1) is 0 Å². The van der Waals surface area contributed by atoms with Crippen molar-refractivity contribution in [3.8, 4) is 0 Å². The molecule has 5 aliphatic rings. The standard InChI is InChI=1S/C30H20S5/c1-11-12(2-31-1)22-15-5-33-6-16(15)24-19-9-35-10-20(19)25-18-8-34-7-17(18)23-14-4-32-3-13(14)21(11)26-27(22)29(24)30(25)28(23)26/h1-10H2. The van der Waals surface area contributed by atoms with E-state index in [9.17, 15) is 0 Å². The number of hydrogen-bond donors (Lipinski definition) is 0. The first-order valence-electron chi connectivity index (χ1n) is 12.7. The lowest BCUT2D eigenvalue weighted by Gasteiger charge is -2.19. The van der Waals surface area contributed by atoms with Gasteiger partial charge < -0.3 is 0 Å². The van der Waals surface area contributed by atoms with Crippen LogP contribution in [0.25, 0.3) is 53.9 Å². The molecular formula is C30H20S5. The lowest BCUT2D eigenvalue weighted by atomic mass is 9.84. The molecule has 0 unspecified atom stereocenters. The smallest absolute Gasteiger partial charge is 0.0197 e. The Bertz CT molecular complexity index is 1540. The van der Waals surface area contributed by atoms with Gasteiger partial charge in [-0.3, -0.25) is 0 Å². The Balaban J connectivity index is 1.61. The van der Waals surface area contributed by atoms with Gasteiger partial charge in [0.05, 0.1) is 0 Å². The highest BCUT2D eigenvalue weighted by atomic mass is 32.2. The van der Waals surface area contributed by atoms with Crippen LogP contribution in [-0.2, 0) is 57.5 Å². The van der Waals surface area contributed by atoms with Crippen molar-refractivity contribution in [2.75, 3.05) is 0 Å². The summed E-state index contributed by atoms with van der Waals surface area (Å²) in [5.41, 5.74) is 17.3. The molecule has 6 aromatic carbocycles. The minimum atomic E-state index is 1.22. The Kier molecular flexibility index (Phi) is 3.43. The van der Waals surface area contributed by atoms with Crippen molar-refractivity contribution in [2.24, 2.45) is 0 Å². The van der Waals surface area contributed by atoms with Gasteiger partial charge in [-0.1, -0.05) is 0 Å². The quantitative estimate of drug-likeness (QED) is 0.175. The molecule has 5 heterocycles. The van der Waals surface area contributed by atoms with Gasteiger partial charge in [0.15, 0.2) is 0 Å². The van der Waals surface area contributed by atoms with Crippen molar-refractivity contribution >= 4 is 113 Å². The summed E-state index contributed by atoms with van der Waals surface area (Å²) in [6, 6.07) is 0. The van der Waals surface area contributed by atoms with Crippen molar-refractivity contribution < 1.29 is 0 Å². The lowest BCUT2D eigenvalue weighted by Crippen LogP contribution is -1.99. The zero-order chi connectivity index (χ0) is 22.2. The molecule has 0 aromatic heterocycles. The highest BCUT2D eigenvalue weighted by Gasteiger charge is 2.39. The predicted octanol–water partition coefficient (Wildman–Crippen LogP) is 9.50. The molecule has 0 fully saturated rings. The van der Waals surface area contributed by atoms with Crippen LogP contribution in [0.2, 0.25) is 0 Å². The van der Waals surface area contributed by atoms with Crippen molar-refractivity contribution in [3.05, 3.63) is 55.6 Å². The molecule has 5 heteroatoms. The number of hydrogen-bond acceptors (Lipinski definition) is 5. The van der Waals surface area contributed by atoms with Crippen LogP contribution in [-0.4, -0.2) is 0 Å². The third kappa shape index (κ3) is 1.93. The summed E-state index contributed by atoms with van der Waals surface area (Å²) in [6.45, 7) is 0. The molecule has 11 rings (SSSR count). The van der Waals surface area contributed by atoms with Gasteiger partial charge in [0, 0.05) is 57.5 Å². The summed E-state index contributed by atoms with van der Waals surface area (Å²) in [5, 5.41) is 17.1. The number of benzene rings is 5. The summed E-state index contributed by atoms with van der Waals surface area (Å²) in [6.07, 6.45) is 0. The topological polar surface area (TPSA) is 0 Å². The third-order valence-electron chi connectivity index (χ3n) is 9.80. The van der Waals surface area contributed by atoms with E-state index in [0.29, 0.717) is 0 Å². The van der Waals surface area contributed by atoms with Gasteiger partial charge in [0.1, 0.15) is 0 Å². The van der Waals surface area contributed by atoms with E-state index in [2.05, 4.69) is 58.8 Å². The Morgan fingerprint density at radius 1 is 0.200 bits per heavy atom. The number of rotatable bonds is 0. The Morgan fingerprint density at radius 2 is 0.343 bits per heavy atom. The molecule has 0 bridgehead atoms. The van der Waals surface area contributed by atoms with Crippen LogP contribution in [0.1, 0.15) is 55.6 Å². The Morgan fingerprint density at radius 3 is 0.486 bits per heavy atom. The number of thioether (sulfide) groups is 5. The fourth-order valence-electron chi connectivity index (χ4n) is 8.67. The summed E-state index contributed by atoms with van der Waals surface area (Å²) in [5.74, 6) is 12.2. The molecule has 0 saturated heterocycles. The second kappa shape index (κ2) is 6.23. The highest BCUT2D eigenvalue weighted by Crippen LogP contribution is 2.62. The van der Waals surface area contributed by atoms with Gasteiger partial charge in [0.2, 0.25) is 0 Å². The molecule has 0 saturated carbocycles. The molecule has 0 amide bonds. The predicted molar refractivity (Wildman–Crippen MR) is 163 cm³/mol. The molecular weight excluding hydrogens is 521 g/mol. The lowest BCUT2D eigenvalue weighted by molar-refractivity contribution is 1.34. The molecule has 0 N–H and O–H groups in total. The first-order chi connectivity index (χ1) is 17.4. The maximum absolute atomic E-state index is 2.17. The SMILES string of the molecule is C1SCc2c1c1c3c(c4c5c(c6c7c(c8c9c(c2c2c1c4c6c82)CSC9)CSC7)CSC5)CSC3. The van der Waals surface area contributed by atoms with E-state index in [0.717, 1.165) is 0 Å². The van der Waals surface area contributed by atoms with Gasteiger partial charge in [-0.15, -0.1) is 0 Å². The molecule has 0 spiro atoms. The molecule has 5 aliphatic heterocycles. The zero-order valence-corrected chi connectivity index (χ0v) is 23.2. The summed E-state index contributed by atoms with van der Waals surface area (Å²) < 4.78 is 0. The Labute approximate surface area is 224 Å². The first-order valence-corrected chi connectivity index (χ1v) is 18.4. The molecule has 0 aliphatic carbocycles. The second-order valence-electron chi connectivity index (χ2n) is 11.0. The monoisotopic (exact) mass is 540 g/mol. The fourth-order valence-corrected chi connectivity index (χ4v) is 14.4. The van der Waals surface area contributed by atoms with Crippen LogP contribution in [0.15, 0.2) is 0 Å². The van der Waals surface area contributed by atoms with Crippen molar-refractivity contribution in [1.82, 2.24) is 0 Å². The minimum absolute atomic E-state index is 1.22. The van der Waals surface area contributed by atoms with Gasteiger partial charge in [0.25, 0.3) is 0 Å². The van der Waals surface area contributed by atoms with Crippen LogP contribution < -0.4 is 0 Å². The summed E-state index contributed by atoms with van der Waals surface area (Å²) in [7, 11) is 0.